The molecule has 0 spiro atoms. The topological polar surface area (TPSA) is 67.9 Å². The molecule has 20 heavy (non-hydrogen) atoms. The third kappa shape index (κ3) is 3.44. The molecule has 5 nitrogen and oxygen atoms in total. The number of ketones is 1. The van der Waals surface area contributed by atoms with Gasteiger partial charge in [0.05, 0.1) is 12.0 Å². The molecule has 2 heterocycles. The number of nitrogens with one attached hydrogen (secondary N) is 1. The molecule has 2 aromatic heterocycles. The Kier molecular flexibility index (Phi) is 3.88. The van der Waals surface area contributed by atoms with Gasteiger partial charge in [-0.05, 0) is 24.5 Å². The van der Waals surface area contributed by atoms with Gasteiger partial charge in [0.1, 0.15) is 12.0 Å². The summed E-state index contributed by atoms with van der Waals surface area (Å²) in [6.07, 6.45) is 6.52. The Labute approximate surface area is 118 Å². The normalized spacial score (nSPS) is 12.2. The van der Waals surface area contributed by atoms with Gasteiger partial charge in [0.2, 0.25) is 5.88 Å². The highest BCUT2D eigenvalue weighted by Crippen LogP contribution is 2.27. The molecule has 0 unspecified atom stereocenters. The summed E-state index contributed by atoms with van der Waals surface area (Å²) in [5.41, 5.74) is 1.59. The average molecular weight is 273 g/mol. The maximum atomic E-state index is 11.1. The summed E-state index contributed by atoms with van der Waals surface area (Å²) >= 11 is 0. The summed E-state index contributed by atoms with van der Waals surface area (Å²) in [7, 11) is 0. The Hall–Kier alpha value is -2.17. The van der Waals surface area contributed by atoms with E-state index in [1.54, 1.807) is 12.3 Å². The molecule has 1 N–H and O–H groups in total. The summed E-state index contributed by atoms with van der Waals surface area (Å²) in [6.45, 7) is 8.36. The number of H-pyrrole nitrogens is 1. The van der Waals surface area contributed by atoms with Crippen molar-refractivity contribution in [2.45, 2.75) is 27.7 Å². The van der Waals surface area contributed by atoms with Gasteiger partial charge in [-0.1, -0.05) is 20.8 Å². The largest absolute Gasteiger partial charge is 0.477 e. The van der Waals surface area contributed by atoms with E-state index in [4.69, 9.17) is 4.74 Å². The van der Waals surface area contributed by atoms with Gasteiger partial charge in [0.25, 0.3) is 0 Å². The van der Waals surface area contributed by atoms with E-state index in [1.807, 2.05) is 0 Å². The lowest BCUT2D eigenvalue weighted by atomic mass is 9.99. The van der Waals surface area contributed by atoms with E-state index in [2.05, 4.69) is 35.7 Å². The second-order valence-electron chi connectivity index (χ2n) is 5.94. The van der Waals surface area contributed by atoms with E-state index < -0.39 is 0 Å². The molecule has 2 aromatic rings. The Balaban J connectivity index is 2.39. The van der Waals surface area contributed by atoms with Crippen LogP contribution >= 0.6 is 0 Å². The van der Waals surface area contributed by atoms with Gasteiger partial charge < -0.3 is 9.72 Å². The molecule has 0 radical (unpaired) electrons. The average Bonchev–Trinajstić information content (AvgIpc) is 2.76. The SMILES string of the molecule is CC(=O)/C=C/c1c[nH]c2ncnc(OCC(C)(C)C)c12. The number of fused-ring (bicyclic) bond motifs is 1. The second kappa shape index (κ2) is 5.45. The fourth-order valence-corrected chi connectivity index (χ4v) is 1.69. The van der Waals surface area contributed by atoms with Gasteiger partial charge in [-0.3, -0.25) is 4.79 Å². The minimum Gasteiger partial charge on any atom is -0.477 e. The van der Waals surface area contributed by atoms with E-state index >= 15 is 0 Å². The number of nitrogens with zero attached hydrogens (tertiary/aromatic N) is 2. The van der Waals surface area contributed by atoms with Crippen LogP contribution in [0.15, 0.2) is 18.6 Å². The van der Waals surface area contributed by atoms with E-state index in [1.165, 1.54) is 19.3 Å². The zero-order valence-corrected chi connectivity index (χ0v) is 12.2. The van der Waals surface area contributed by atoms with Crippen molar-refractivity contribution in [1.82, 2.24) is 15.0 Å². The minimum absolute atomic E-state index is 0.00615. The van der Waals surface area contributed by atoms with Crippen molar-refractivity contribution in [2.24, 2.45) is 5.41 Å². The van der Waals surface area contributed by atoms with Crippen LogP contribution in [0.5, 0.6) is 5.88 Å². The van der Waals surface area contributed by atoms with E-state index in [0.29, 0.717) is 18.1 Å². The fourth-order valence-electron chi connectivity index (χ4n) is 1.69. The molecule has 0 aliphatic carbocycles. The molecule has 0 saturated carbocycles. The summed E-state index contributed by atoms with van der Waals surface area (Å²) < 4.78 is 5.80. The maximum absolute atomic E-state index is 11.1. The van der Waals surface area contributed by atoms with Crippen LogP contribution in [0.3, 0.4) is 0 Å². The number of carbonyl (C=O) groups excluding carboxylic acids is 1. The second-order valence-corrected chi connectivity index (χ2v) is 5.94. The molecule has 0 aromatic carbocycles. The monoisotopic (exact) mass is 273 g/mol. The lowest BCUT2D eigenvalue weighted by Gasteiger charge is -2.18. The summed E-state index contributed by atoms with van der Waals surface area (Å²) in [5.74, 6) is 0.530. The number of ether oxygens (including phenoxy) is 1. The number of rotatable bonds is 4. The van der Waals surface area contributed by atoms with Crippen molar-refractivity contribution in [3.8, 4) is 5.88 Å². The van der Waals surface area contributed by atoms with E-state index in [-0.39, 0.29) is 11.2 Å². The van der Waals surface area contributed by atoms with Crippen molar-refractivity contribution in [2.75, 3.05) is 6.61 Å². The van der Waals surface area contributed by atoms with Crippen molar-refractivity contribution in [3.63, 3.8) is 0 Å². The first-order valence-electron chi connectivity index (χ1n) is 6.50. The van der Waals surface area contributed by atoms with Crippen molar-refractivity contribution in [1.29, 1.82) is 0 Å². The molecular formula is C15H19N3O2. The Bertz CT molecular complexity index is 651. The zero-order valence-electron chi connectivity index (χ0n) is 12.2. The molecule has 0 atom stereocenters. The molecule has 0 saturated heterocycles. The van der Waals surface area contributed by atoms with Gasteiger partial charge in [0, 0.05) is 11.8 Å². The number of hydrogen-bond acceptors (Lipinski definition) is 4. The zero-order chi connectivity index (χ0) is 14.8. The first-order valence-corrected chi connectivity index (χ1v) is 6.50. The highest BCUT2D eigenvalue weighted by atomic mass is 16.5. The Morgan fingerprint density at radius 3 is 2.80 bits per heavy atom. The van der Waals surface area contributed by atoms with Crippen LogP contribution in [0.25, 0.3) is 17.1 Å². The molecule has 0 fully saturated rings. The van der Waals surface area contributed by atoms with Crippen LogP contribution in [0, 0.1) is 5.41 Å². The predicted octanol–water partition coefficient (Wildman–Crippen LogP) is 2.99. The first-order chi connectivity index (χ1) is 9.37. The molecule has 5 heteroatoms. The smallest absolute Gasteiger partial charge is 0.226 e. The molecule has 106 valence electrons. The standard InChI is InChI=1S/C15H19N3O2/c1-10(19)5-6-11-7-16-13-12(11)14(18-9-17-13)20-8-15(2,3)4/h5-7,9H,8H2,1-4H3,(H,16,17,18)/b6-5+. The van der Waals surface area contributed by atoms with Crippen LogP contribution in [0.2, 0.25) is 0 Å². The number of hydrogen-bond donors (Lipinski definition) is 1. The van der Waals surface area contributed by atoms with Crippen LogP contribution < -0.4 is 4.74 Å². The van der Waals surface area contributed by atoms with E-state index in [0.717, 1.165) is 10.9 Å². The predicted molar refractivity (Wildman–Crippen MR) is 78.6 cm³/mol. The fraction of sp³-hybridized carbons (Fsp3) is 0.400. The van der Waals surface area contributed by atoms with Gasteiger partial charge in [-0.25, -0.2) is 9.97 Å². The highest BCUT2D eigenvalue weighted by Gasteiger charge is 2.15. The van der Waals surface area contributed by atoms with Gasteiger partial charge in [-0.15, -0.1) is 0 Å². The number of carbonyl (C=O) groups is 1. The van der Waals surface area contributed by atoms with Crippen LogP contribution in [0.1, 0.15) is 33.3 Å². The highest BCUT2D eigenvalue weighted by molar-refractivity contribution is 5.96. The lowest BCUT2D eigenvalue weighted by Crippen LogP contribution is -2.17. The Morgan fingerprint density at radius 1 is 1.40 bits per heavy atom. The van der Waals surface area contributed by atoms with Crippen LogP contribution in [-0.2, 0) is 4.79 Å². The van der Waals surface area contributed by atoms with Gasteiger partial charge in [0.15, 0.2) is 5.78 Å². The third-order valence-electron chi connectivity index (χ3n) is 2.61. The molecular weight excluding hydrogens is 254 g/mol. The number of aromatic nitrogens is 3. The van der Waals surface area contributed by atoms with Crippen molar-refractivity contribution in [3.05, 3.63) is 24.2 Å². The minimum atomic E-state index is -0.00615. The van der Waals surface area contributed by atoms with Crippen molar-refractivity contribution >= 4 is 22.9 Å². The lowest BCUT2D eigenvalue weighted by molar-refractivity contribution is -0.112. The quantitative estimate of drug-likeness (QED) is 0.869. The summed E-state index contributed by atoms with van der Waals surface area (Å²) in [5, 5.41) is 0.800. The number of aromatic amines is 1. The molecule has 2 rings (SSSR count). The third-order valence-corrected chi connectivity index (χ3v) is 2.61. The van der Waals surface area contributed by atoms with Crippen LogP contribution in [0.4, 0.5) is 0 Å². The first kappa shape index (κ1) is 14.2. The molecule has 0 bridgehead atoms. The summed E-state index contributed by atoms with van der Waals surface area (Å²) in [4.78, 5) is 22.5. The summed E-state index contributed by atoms with van der Waals surface area (Å²) in [6, 6.07) is 0. The molecule has 0 aliphatic rings. The Morgan fingerprint density at radius 2 is 2.15 bits per heavy atom. The maximum Gasteiger partial charge on any atom is 0.226 e. The van der Waals surface area contributed by atoms with Crippen LogP contribution in [-0.4, -0.2) is 27.3 Å². The molecule has 0 aliphatic heterocycles. The molecule has 0 amide bonds. The number of allylic oxidation sites excluding steroid dienone is 1. The van der Waals surface area contributed by atoms with Gasteiger partial charge >= 0.3 is 0 Å². The van der Waals surface area contributed by atoms with Gasteiger partial charge in [-0.2, -0.15) is 0 Å². The van der Waals surface area contributed by atoms with Crippen molar-refractivity contribution < 1.29 is 9.53 Å². The van der Waals surface area contributed by atoms with E-state index in [9.17, 15) is 4.79 Å².